The highest BCUT2D eigenvalue weighted by Crippen LogP contribution is 2.15. The lowest BCUT2D eigenvalue weighted by molar-refractivity contribution is 0.625. The van der Waals surface area contributed by atoms with Crippen LogP contribution in [0.4, 0.5) is 4.39 Å². The first-order valence-electron chi connectivity index (χ1n) is 6.46. The third kappa shape index (κ3) is 3.99. The molecule has 0 aliphatic carbocycles. The second-order valence-corrected chi connectivity index (χ2v) is 6.29. The maximum Gasteiger partial charge on any atom is 0.123 e. The van der Waals surface area contributed by atoms with E-state index in [2.05, 4.69) is 0 Å². The van der Waals surface area contributed by atoms with Gasteiger partial charge in [-0.3, -0.25) is 4.21 Å². The lowest BCUT2D eigenvalue weighted by atomic mass is 10.1. The SMILES string of the molecule is Cc1cccc(CS(=O)Cc2cc(F)ccc2CN)c1. The van der Waals surface area contributed by atoms with Gasteiger partial charge in [-0.05, 0) is 35.7 Å². The standard InChI is InChI=1S/C16H18FNOS/c1-12-3-2-4-13(7-12)10-20(19)11-15-8-16(17)6-5-14(15)9-18/h2-8H,9-11,18H2,1H3. The van der Waals surface area contributed by atoms with Crippen LogP contribution in [-0.4, -0.2) is 4.21 Å². The van der Waals surface area contributed by atoms with E-state index in [-0.39, 0.29) is 5.82 Å². The topological polar surface area (TPSA) is 43.1 Å². The largest absolute Gasteiger partial charge is 0.326 e. The van der Waals surface area contributed by atoms with E-state index in [1.807, 2.05) is 31.2 Å². The fraction of sp³-hybridized carbons (Fsp3) is 0.250. The zero-order valence-electron chi connectivity index (χ0n) is 11.4. The van der Waals surface area contributed by atoms with E-state index in [4.69, 9.17) is 5.73 Å². The van der Waals surface area contributed by atoms with Gasteiger partial charge in [-0.2, -0.15) is 0 Å². The molecule has 2 N–H and O–H groups in total. The molecule has 0 heterocycles. The van der Waals surface area contributed by atoms with Gasteiger partial charge in [-0.1, -0.05) is 35.9 Å². The molecular weight excluding hydrogens is 273 g/mol. The van der Waals surface area contributed by atoms with Crippen LogP contribution < -0.4 is 5.73 Å². The first kappa shape index (κ1) is 14.9. The highest BCUT2D eigenvalue weighted by molar-refractivity contribution is 7.83. The summed E-state index contributed by atoms with van der Waals surface area (Å²) in [5, 5.41) is 0. The molecule has 2 rings (SSSR count). The summed E-state index contributed by atoms with van der Waals surface area (Å²) in [6.45, 7) is 2.34. The van der Waals surface area contributed by atoms with Crippen molar-refractivity contribution in [2.75, 3.05) is 0 Å². The number of hydrogen-bond donors (Lipinski definition) is 1. The molecule has 20 heavy (non-hydrogen) atoms. The van der Waals surface area contributed by atoms with Crippen LogP contribution in [0.25, 0.3) is 0 Å². The Balaban J connectivity index is 2.10. The highest BCUT2D eigenvalue weighted by Gasteiger charge is 2.08. The summed E-state index contributed by atoms with van der Waals surface area (Å²) >= 11 is 0. The van der Waals surface area contributed by atoms with Crippen molar-refractivity contribution in [1.82, 2.24) is 0 Å². The van der Waals surface area contributed by atoms with Crippen molar-refractivity contribution >= 4 is 10.8 Å². The van der Waals surface area contributed by atoms with Gasteiger partial charge in [0.25, 0.3) is 0 Å². The quantitative estimate of drug-likeness (QED) is 0.920. The normalized spacial score (nSPS) is 12.3. The highest BCUT2D eigenvalue weighted by atomic mass is 32.2. The predicted octanol–water partition coefficient (Wildman–Crippen LogP) is 3.04. The molecule has 0 saturated heterocycles. The monoisotopic (exact) mass is 291 g/mol. The van der Waals surface area contributed by atoms with E-state index in [0.717, 1.165) is 22.3 Å². The Morgan fingerprint density at radius 1 is 1.10 bits per heavy atom. The van der Waals surface area contributed by atoms with Crippen LogP contribution in [0, 0.1) is 12.7 Å². The molecule has 1 unspecified atom stereocenters. The second kappa shape index (κ2) is 6.77. The van der Waals surface area contributed by atoms with Gasteiger partial charge in [0.05, 0.1) is 0 Å². The summed E-state index contributed by atoms with van der Waals surface area (Å²) in [6, 6.07) is 12.4. The number of halogens is 1. The van der Waals surface area contributed by atoms with Gasteiger partial charge in [0.2, 0.25) is 0 Å². The Hall–Kier alpha value is -1.52. The fourth-order valence-electron chi connectivity index (χ4n) is 2.14. The molecule has 1 atom stereocenters. The molecule has 0 radical (unpaired) electrons. The van der Waals surface area contributed by atoms with E-state index >= 15 is 0 Å². The smallest absolute Gasteiger partial charge is 0.123 e. The number of aryl methyl sites for hydroxylation is 1. The third-order valence-electron chi connectivity index (χ3n) is 3.11. The third-order valence-corrected chi connectivity index (χ3v) is 4.40. The van der Waals surface area contributed by atoms with Crippen LogP contribution >= 0.6 is 0 Å². The molecule has 0 saturated carbocycles. The van der Waals surface area contributed by atoms with Gasteiger partial charge in [-0.25, -0.2) is 4.39 Å². The van der Waals surface area contributed by atoms with Crippen molar-refractivity contribution in [2.45, 2.75) is 25.0 Å². The summed E-state index contributed by atoms with van der Waals surface area (Å²) in [7, 11) is -1.07. The van der Waals surface area contributed by atoms with Gasteiger partial charge in [0, 0.05) is 28.9 Å². The average molecular weight is 291 g/mol. The first-order valence-corrected chi connectivity index (χ1v) is 7.95. The Morgan fingerprint density at radius 3 is 2.60 bits per heavy atom. The van der Waals surface area contributed by atoms with Crippen molar-refractivity contribution in [2.24, 2.45) is 5.73 Å². The Kier molecular flexibility index (Phi) is 5.04. The molecule has 0 spiro atoms. The molecule has 2 aromatic rings. The van der Waals surface area contributed by atoms with E-state index in [1.165, 1.54) is 12.1 Å². The molecule has 0 aliphatic rings. The molecule has 0 amide bonds. The van der Waals surface area contributed by atoms with E-state index < -0.39 is 10.8 Å². The van der Waals surface area contributed by atoms with Crippen LogP contribution in [0.2, 0.25) is 0 Å². The molecular formula is C16H18FNOS. The molecule has 0 aromatic heterocycles. The molecule has 0 aliphatic heterocycles. The van der Waals surface area contributed by atoms with Gasteiger partial charge >= 0.3 is 0 Å². The summed E-state index contributed by atoms with van der Waals surface area (Å²) in [5.41, 5.74) is 9.40. The lowest BCUT2D eigenvalue weighted by Gasteiger charge is -2.08. The number of hydrogen-bond acceptors (Lipinski definition) is 2. The van der Waals surface area contributed by atoms with Crippen LogP contribution in [0.3, 0.4) is 0 Å². The van der Waals surface area contributed by atoms with Crippen LogP contribution in [0.15, 0.2) is 42.5 Å². The van der Waals surface area contributed by atoms with E-state index in [0.29, 0.717) is 18.1 Å². The molecule has 0 fully saturated rings. The maximum atomic E-state index is 13.3. The van der Waals surface area contributed by atoms with Crippen LogP contribution in [-0.2, 0) is 28.9 Å². The average Bonchev–Trinajstić information content (AvgIpc) is 2.38. The Morgan fingerprint density at radius 2 is 1.90 bits per heavy atom. The molecule has 0 bridgehead atoms. The second-order valence-electron chi connectivity index (χ2n) is 4.83. The Bertz CT molecular complexity index is 628. The molecule has 2 aromatic carbocycles. The first-order chi connectivity index (χ1) is 9.58. The maximum absolute atomic E-state index is 13.3. The van der Waals surface area contributed by atoms with Crippen molar-refractivity contribution < 1.29 is 8.60 Å². The van der Waals surface area contributed by atoms with Crippen molar-refractivity contribution in [3.05, 3.63) is 70.5 Å². The summed E-state index contributed by atoms with van der Waals surface area (Å²) in [4.78, 5) is 0. The zero-order chi connectivity index (χ0) is 14.5. The molecule has 2 nitrogen and oxygen atoms in total. The summed E-state index contributed by atoms with van der Waals surface area (Å²) in [5.74, 6) is 0.491. The molecule has 4 heteroatoms. The van der Waals surface area contributed by atoms with Gasteiger partial charge < -0.3 is 5.73 Å². The number of nitrogens with two attached hydrogens (primary N) is 1. The minimum Gasteiger partial charge on any atom is -0.326 e. The van der Waals surface area contributed by atoms with Crippen LogP contribution in [0.1, 0.15) is 22.3 Å². The number of benzene rings is 2. The van der Waals surface area contributed by atoms with Gasteiger partial charge in [0.15, 0.2) is 0 Å². The predicted molar refractivity (Wildman–Crippen MR) is 81.0 cm³/mol. The fourth-order valence-corrected chi connectivity index (χ4v) is 3.41. The van der Waals surface area contributed by atoms with E-state index in [9.17, 15) is 8.60 Å². The van der Waals surface area contributed by atoms with Crippen molar-refractivity contribution in [3.8, 4) is 0 Å². The number of rotatable bonds is 5. The van der Waals surface area contributed by atoms with Gasteiger partial charge in [0.1, 0.15) is 5.82 Å². The van der Waals surface area contributed by atoms with Crippen molar-refractivity contribution in [1.29, 1.82) is 0 Å². The Labute approximate surface area is 121 Å². The minimum atomic E-state index is -1.07. The van der Waals surface area contributed by atoms with Gasteiger partial charge in [-0.15, -0.1) is 0 Å². The summed E-state index contributed by atoms with van der Waals surface area (Å²) in [6.07, 6.45) is 0. The lowest BCUT2D eigenvalue weighted by Crippen LogP contribution is -2.06. The minimum absolute atomic E-state index is 0.315. The van der Waals surface area contributed by atoms with Crippen molar-refractivity contribution in [3.63, 3.8) is 0 Å². The molecule has 106 valence electrons. The zero-order valence-corrected chi connectivity index (χ0v) is 12.3. The van der Waals surface area contributed by atoms with E-state index in [1.54, 1.807) is 6.07 Å². The summed E-state index contributed by atoms with van der Waals surface area (Å²) < 4.78 is 25.5. The van der Waals surface area contributed by atoms with Crippen LogP contribution in [0.5, 0.6) is 0 Å².